The van der Waals surface area contributed by atoms with Crippen LogP contribution < -0.4 is 16.4 Å². The minimum atomic E-state index is -3.06. The van der Waals surface area contributed by atoms with Crippen molar-refractivity contribution in [2.24, 2.45) is 5.73 Å². The number of anilines is 2. The summed E-state index contributed by atoms with van der Waals surface area (Å²) >= 11 is 0. The largest absolute Gasteiger partial charge is 0.373 e. The Kier molecular flexibility index (Phi) is 7.03. The van der Waals surface area contributed by atoms with Crippen LogP contribution in [0.4, 0.5) is 38.3 Å². The average Bonchev–Trinajstić information content (AvgIpc) is 2.83. The van der Waals surface area contributed by atoms with Crippen molar-refractivity contribution in [2.45, 2.75) is 19.1 Å². The molecule has 0 bridgehead atoms. The molecule has 0 aliphatic carbocycles. The first-order chi connectivity index (χ1) is 16.7. The summed E-state index contributed by atoms with van der Waals surface area (Å²) in [5, 5.41) is 6.08. The van der Waals surface area contributed by atoms with Gasteiger partial charge in [-0.1, -0.05) is 0 Å². The lowest BCUT2D eigenvalue weighted by atomic mass is 9.95. The van der Waals surface area contributed by atoms with Crippen LogP contribution in [-0.4, -0.2) is 42.7 Å². The monoisotopic (exact) mass is 495 g/mol. The number of carbonyl (C=O) groups is 1. The summed E-state index contributed by atoms with van der Waals surface area (Å²) in [5.41, 5.74) is 5.55. The molecule has 1 atom stereocenters. The van der Waals surface area contributed by atoms with Crippen LogP contribution >= 0.6 is 0 Å². The van der Waals surface area contributed by atoms with Gasteiger partial charge in [0.1, 0.15) is 11.6 Å². The molecule has 0 saturated carbocycles. The molecule has 3 aromatic rings. The molecule has 1 aliphatic rings. The fourth-order valence-corrected chi connectivity index (χ4v) is 3.98. The molecule has 0 spiro atoms. The highest BCUT2D eigenvalue weighted by atomic mass is 19.3. The lowest BCUT2D eigenvalue weighted by molar-refractivity contribution is 0.0529. The van der Waals surface area contributed by atoms with Gasteiger partial charge in [-0.25, -0.2) is 31.7 Å². The number of fused-ring (bicyclic) bond motifs is 3. The smallest absolute Gasteiger partial charge is 0.322 e. The van der Waals surface area contributed by atoms with Crippen molar-refractivity contribution >= 4 is 28.3 Å². The predicted octanol–water partition coefficient (Wildman–Crippen LogP) is 4.70. The number of amides is 2. The van der Waals surface area contributed by atoms with Gasteiger partial charge in [0.05, 0.1) is 30.5 Å². The van der Waals surface area contributed by atoms with E-state index in [0.29, 0.717) is 34.4 Å². The molecule has 7 nitrogen and oxygen atoms in total. The Morgan fingerprint density at radius 2 is 1.89 bits per heavy atom. The third-order valence-corrected chi connectivity index (χ3v) is 5.72. The van der Waals surface area contributed by atoms with Crippen LogP contribution in [0.2, 0.25) is 0 Å². The average molecular weight is 495 g/mol. The molecule has 2 amide bonds. The first-order valence-electron chi connectivity index (χ1n) is 10.7. The van der Waals surface area contributed by atoms with E-state index in [-0.39, 0.29) is 25.4 Å². The minimum absolute atomic E-state index is 0.0218. The molecule has 1 aromatic heterocycles. The van der Waals surface area contributed by atoms with Gasteiger partial charge in [-0.3, -0.25) is 0 Å². The summed E-state index contributed by atoms with van der Waals surface area (Å²) in [6, 6.07) is 3.42. The van der Waals surface area contributed by atoms with E-state index in [1.54, 1.807) is 0 Å². The van der Waals surface area contributed by atoms with Crippen molar-refractivity contribution in [1.29, 1.82) is 0 Å². The highest BCUT2D eigenvalue weighted by Gasteiger charge is 2.32. The van der Waals surface area contributed by atoms with Crippen molar-refractivity contribution in [1.82, 2.24) is 9.88 Å². The number of halogens is 5. The number of hydrogen-bond acceptors (Lipinski definition) is 5. The van der Waals surface area contributed by atoms with Crippen molar-refractivity contribution < 1.29 is 31.5 Å². The number of urea groups is 1. The van der Waals surface area contributed by atoms with E-state index in [1.165, 1.54) is 11.9 Å². The second kappa shape index (κ2) is 10.0. The maximum absolute atomic E-state index is 14.3. The van der Waals surface area contributed by atoms with Gasteiger partial charge in [0.2, 0.25) is 0 Å². The zero-order valence-corrected chi connectivity index (χ0v) is 18.5. The second-order valence-electron chi connectivity index (χ2n) is 7.96. The number of pyridine rings is 1. The van der Waals surface area contributed by atoms with Gasteiger partial charge in [-0.05, 0) is 35.7 Å². The molecular formula is C23H22F5N5O2. The summed E-state index contributed by atoms with van der Waals surface area (Å²) in [5.74, 6) is -2.92. The van der Waals surface area contributed by atoms with Crippen LogP contribution in [-0.2, 0) is 11.3 Å². The lowest BCUT2D eigenvalue weighted by Gasteiger charge is -2.34. The Bertz CT molecular complexity index is 1270. The number of aromatic nitrogens is 1. The number of carbonyl (C=O) groups excluding carboxylic acids is 1. The van der Waals surface area contributed by atoms with E-state index in [1.807, 2.05) is 0 Å². The van der Waals surface area contributed by atoms with Gasteiger partial charge < -0.3 is 26.0 Å². The van der Waals surface area contributed by atoms with E-state index < -0.39 is 41.5 Å². The summed E-state index contributed by atoms with van der Waals surface area (Å²) < 4.78 is 73.6. The van der Waals surface area contributed by atoms with Crippen molar-refractivity contribution in [2.75, 3.05) is 37.4 Å². The number of ether oxygens (including phenoxy) is 1. The summed E-state index contributed by atoms with van der Waals surface area (Å²) in [4.78, 5) is 18.7. The highest BCUT2D eigenvalue weighted by molar-refractivity contribution is 5.96. The maximum Gasteiger partial charge on any atom is 0.322 e. The Balaban J connectivity index is 1.71. The zero-order chi connectivity index (χ0) is 25.3. The van der Waals surface area contributed by atoms with Crippen molar-refractivity contribution in [3.63, 3.8) is 0 Å². The SMILES string of the molecule is CN(C(=O)Nc1ccc(F)c(C(F)F)c1)[C@H]1COCc2nc(NCCN)c3cc(F)c(F)cc3c21. The van der Waals surface area contributed by atoms with Gasteiger partial charge in [0.25, 0.3) is 6.43 Å². The molecule has 0 radical (unpaired) electrons. The first kappa shape index (κ1) is 24.6. The highest BCUT2D eigenvalue weighted by Crippen LogP contribution is 2.38. The number of alkyl halides is 2. The quantitative estimate of drug-likeness (QED) is 0.432. The maximum atomic E-state index is 14.3. The topological polar surface area (TPSA) is 92.5 Å². The molecule has 2 aromatic carbocycles. The molecule has 0 unspecified atom stereocenters. The number of benzene rings is 2. The van der Waals surface area contributed by atoms with E-state index in [9.17, 15) is 26.7 Å². The van der Waals surface area contributed by atoms with Crippen molar-refractivity contribution in [3.8, 4) is 0 Å². The number of nitrogens with one attached hydrogen (secondary N) is 2. The number of nitrogens with two attached hydrogens (primary N) is 1. The second-order valence-corrected chi connectivity index (χ2v) is 7.96. The third-order valence-electron chi connectivity index (χ3n) is 5.72. The van der Waals surface area contributed by atoms with E-state index in [4.69, 9.17) is 10.5 Å². The fraction of sp³-hybridized carbons (Fsp3) is 0.304. The molecule has 186 valence electrons. The van der Waals surface area contributed by atoms with Gasteiger partial charge >= 0.3 is 6.03 Å². The number of rotatable bonds is 6. The Morgan fingerprint density at radius 1 is 1.17 bits per heavy atom. The first-order valence-corrected chi connectivity index (χ1v) is 10.7. The van der Waals surface area contributed by atoms with E-state index in [2.05, 4.69) is 15.6 Å². The lowest BCUT2D eigenvalue weighted by Crippen LogP contribution is -2.39. The molecule has 12 heteroatoms. The number of hydrogen-bond donors (Lipinski definition) is 3. The van der Waals surface area contributed by atoms with Crippen LogP contribution in [0.15, 0.2) is 30.3 Å². The van der Waals surface area contributed by atoms with Gasteiger partial charge in [-0.2, -0.15) is 0 Å². The van der Waals surface area contributed by atoms with Crippen LogP contribution in [0.5, 0.6) is 0 Å². The Hall–Kier alpha value is -3.51. The van der Waals surface area contributed by atoms with Crippen LogP contribution in [0, 0.1) is 17.5 Å². The Morgan fingerprint density at radius 3 is 2.57 bits per heavy atom. The Labute approximate surface area is 197 Å². The van der Waals surface area contributed by atoms with Crippen LogP contribution in [0.1, 0.15) is 29.3 Å². The number of nitrogens with zero attached hydrogens (tertiary/aromatic N) is 2. The standard InChI is InChI=1S/C23H22F5N5O2/c1-33(23(34)31-11-2-3-15(24)14(6-11)21(27)28)19-10-35-9-18-20(19)12-7-16(25)17(26)8-13(12)22(32-18)30-5-4-29/h2-3,6-8,19,21H,4-5,9-10,29H2,1H3,(H,30,32)(H,31,34)/t19-/m0/s1. The minimum Gasteiger partial charge on any atom is -0.373 e. The van der Waals surface area contributed by atoms with Gasteiger partial charge in [-0.15, -0.1) is 0 Å². The molecule has 0 fully saturated rings. The molecule has 1 aliphatic heterocycles. The summed E-state index contributed by atoms with van der Waals surface area (Å²) in [7, 11) is 1.43. The molecule has 2 heterocycles. The molecule has 4 N–H and O–H groups in total. The summed E-state index contributed by atoms with van der Waals surface area (Å²) in [6.45, 7) is 0.713. The van der Waals surface area contributed by atoms with Crippen LogP contribution in [0.3, 0.4) is 0 Å². The van der Waals surface area contributed by atoms with Crippen LogP contribution in [0.25, 0.3) is 10.8 Å². The normalized spacial score (nSPS) is 15.3. The number of likely N-dealkylation sites (N-methyl/N-ethyl adjacent to an activating group) is 1. The van der Waals surface area contributed by atoms with Crippen molar-refractivity contribution in [3.05, 3.63) is 64.6 Å². The third kappa shape index (κ3) is 4.84. The fourth-order valence-electron chi connectivity index (χ4n) is 3.98. The van der Waals surface area contributed by atoms with E-state index >= 15 is 0 Å². The van der Waals surface area contributed by atoms with Gasteiger partial charge in [0.15, 0.2) is 11.6 Å². The molecule has 0 saturated heterocycles. The summed E-state index contributed by atoms with van der Waals surface area (Å²) in [6.07, 6.45) is -3.06. The molecule has 4 rings (SSSR count). The van der Waals surface area contributed by atoms with E-state index in [0.717, 1.165) is 30.3 Å². The molecule has 35 heavy (non-hydrogen) atoms. The predicted molar refractivity (Wildman–Crippen MR) is 120 cm³/mol. The molecular weight excluding hydrogens is 473 g/mol. The van der Waals surface area contributed by atoms with Gasteiger partial charge in [0, 0.05) is 36.8 Å². The zero-order valence-electron chi connectivity index (χ0n) is 18.5.